The van der Waals surface area contributed by atoms with Gasteiger partial charge in [-0.05, 0) is 50.1 Å². The lowest BCUT2D eigenvalue weighted by atomic mass is 10.0. The van der Waals surface area contributed by atoms with Crippen LogP contribution in [-0.4, -0.2) is 56.0 Å². The van der Waals surface area contributed by atoms with Crippen molar-refractivity contribution in [1.82, 2.24) is 0 Å². The number of hydrogen-bond acceptors (Lipinski definition) is 7. The van der Waals surface area contributed by atoms with Gasteiger partial charge in [-0.1, -0.05) is 31.2 Å². The van der Waals surface area contributed by atoms with E-state index >= 15 is 0 Å². The summed E-state index contributed by atoms with van der Waals surface area (Å²) in [4.78, 5) is 11.9. The van der Waals surface area contributed by atoms with Crippen molar-refractivity contribution < 1.29 is 33.6 Å². The van der Waals surface area contributed by atoms with Crippen LogP contribution >= 0.6 is 0 Å². The molecule has 1 heterocycles. The monoisotopic (exact) mass is 434 g/mol. The van der Waals surface area contributed by atoms with Gasteiger partial charge in [-0.3, -0.25) is 4.79 Å². The van der Waals surface area contributed by atoms with Gasteiger partial charge in [0.25, 0.3) is 0 Å². The molecule has 1 aliphatic rings. The lowest BCUT2D eigenvalue weighted by Crippen LogP contribution is -2.31. The van der Waals surface area contributed by atoms with Crippen LogP contribution in [0.25, 0.3) is 0 Å². The molecule has 1 aromatic carbocycles. The Kier molecular flexibility index (Phi) is 10.9. The van der Waals surface area contributed by atoms with Gasteiger partial charge in [0.1, 0.15) is 11.9 Å². The van der Waals surface area contributed by atoms with Crippen LogP contribution in [0.5, 0.6) is 5.75 Å². The van der Waals surface area contributed by atoms with Gasteiger partial charge in [-0.25, -0.2) is 0 Å². The number of carbonyl (C=O) groups excluding carboxylic acids is 1. The van der Waals surface area contributed by atoms with Crippen molar-refractivity contribution in [1.29, 1.82) is 0 Å². The number of carbonyl (C=O) groups is 1. The van der Waals surface area contributed by atoms with E-state index in [4.69, 9.17) is 23.7 Å². The number of benzene rings is 1. The minimum absolute atomic E-state index is 0.0827. The first-order valence-electron chi connectivity index (χ1n) is 10.6. The third-order valence-corrected chi connectivity index (χ3v) is 4.88. The number of hydrogen-bond donors (Lipinski definition) is 1. The predicted molar refractivity (Wildman–Crippen MR) is 117 cm³/mol. The summed E-state index contributed by atoms with van der Waals surface area (Å²) in [6.07, 6.45) is 4.33. The number of ketones is 1. The van der Waals surface area contributed by atoms with E-state index in [1.807, 2.05) is 44.2 Å². The molecule has 1 aromatic rings. The Morgan fingerprint density at radius 2 is 1.97 bits per heavy atom. The van der Waals surface area contributed by atoms with Crippen molar-refractivity contribution in [3.8, 4) is 5.75 Å². The van der Waals surface area contributed by atoms with Gasteiger partial charge < -0.3 is 28.8 Å². The second kappa shape index (κ2) is 13.4. The lowest BCUT2D eigenvalue weighted by Gasteiger charge is -2.27. The van der Waals surface area contributed by atoms with E-state index in [-0.39, 0.29) is 24.1 Å². The Balaban J connectivity index is 1.89. The van der Waals surface area contributed by atoms with Crippen LogP contribution in [-0.2, 0) is 30.3 Å². The number of aliphatic hydroxyl groups excluding tert-OH is 1. The van der Waals surface area contributed by atoms with E-state index in [0.717, 1.165) is 11.3 Å². The molecule has 0 aromatic heterocycles. The third kappa shape index (κ3) is 8.93. The standard InChI is InChI=1S/C24H34O7/c1-5-29-18(3)30-22(7-6-8-23-21(25)13-14-24(26)31-23)17(2)15-28-16-19-9-11-20(27-4)12-10-19/h6,8-14,17-18,22-24,26H,5,7,15-16H2,1-4H3/b8-6+/t17-,18?,22-,23-,24?/m0/s1. The average molecular weight is 435 g/mol. The minimum Gasteiger partial charge on any atom is -0.497 e. The maximum Gasteiger partial charge on any atom is 0.188 e. The van der Waals surface area contributed by atoms with Gasteiger partial charge >= 0.3 is 0 Å². The molecule has 172 valence electrons. The zero-order valence-electron chi connectivity index (χ0n) is 18.7. The average Bonchev–Trinajstić information content (AvgIpc) is 2.76. The smallest absolute Gasteiger partial charge is 0.188 e. The summed E-state index contributed by atoms with van der Waals surface area (Å²) in [5.74, 6) is 0.697. The second-order valence-corrected chi connectivity index (χ2v) is 7.41. The Morgan fingerprint density at radius 1 is 1.23 bits per heavy atom. The van der Waals surface area contributed by atoms with Crippen LogP contribution in [0.4, 0.5) is 0 Å². The number of ether oxygens (including phenoxy) is 5. The molecule has 1 aliphatic heterocycles. The molecule has 0 saturated carbocycles. The Hall–Kier alpha value is -2.03. The summed E-state index contributed by atoms with van der Waals surface area (Å²) in [6.45, 7) is 7.39. The molecule has 0 radical (unpaired) electrons. The topological polar surface area (TPSA) is 83.5 Å². The summed E-state index contributed by atoms with van der Waals surface area (Å²) in [6, 6.07) is 7.76. The Bertz CT molecular complexity index is 713. The van der Waals surface area contributed by atoms with E-state index in [9.17, 15) is 9.90 Å². The number of aliphatic hydroxyl groups is 1. The first-order valence-corrected chi connectivity index (χ1v) is 10.6. The van der Waals surface area contributed by atoms with E-state index in [1.165, 1.54) is 12.2 Å². The molecule has 1 N–H and O–H groups in total. The molecular weight excluding hydrogens is 400 g/mol. The van der Waals surface area contributed by atoms with Gasteiger partial charge in [0.15, 0.2) is 18.4 Å². The fraction of sp³-hybridized carbons (Fsp3) is 0.542. The quantitative estimate of drug-likeness (QED) is 0.376. The van der Waals surface area contributed by atoms with Crippen molar-refractivity contribution in [3.05, 3.63) is 54.1 Å². The summed E-state index contributed by atoms with van der Waals surface area (Å²) >= 11 is 0. The normalized spacial score (nSPS) is 21.9. The van der Waals surface area contributed by atoms with Crippen molar-refractivity contribution in [2.45, 2.75) is 58.6 Å². The van der Waals surface area contributed by atoms with Crippen LogP contribution < -0.4 is 4.74 Å². The second-order valence-electron chi connectivity index (χ2n) is 7.41. The Labute approximate surface area is 184 Å². The summed E-state index contributed by atoms with van der Waals surface area (Å²) in [7, 11) is 1.64. The molecule has 0 fully saturated rings. The maximum absolute atomic E-state index is 11.9. The van der Waals surface area contributed by atoms with Crippen molar-refractivity contribution >= 4 is 5.78 Å². The van der Waals surface area contributed by atoms with Gasteiger partial charge in [0.05, 0.1) is 26.4 Å². The highest BCUT2D eigenvalue weighted by molar-refractivity contribution is 5.95. The Morgan fingerprint density at radius 3 is 2.65 bits per heavy atom. The fourth-order valence-electron chi connectivity index (χ4n) is 3.15. The molecule has 7 nitrogen and oxygen atoms in total. The van der Waals surface area contributed by atoms with Crippen molar-refractivity contribution in [2.75, 3.05) is 20.3 Å². The summed E-state index contributed by atoms with van der Waals surface area (Å²) in [5.41, 5.74) is 1.06. The molecule has 2 unspecified atom stereocenters. The van der Waals surface area contributed by atoms with Crippen LogP contribution in [0.2, 0.25) is 0 Å². The fourth-order valence-corrected chi connectivity index (χ4v) is 3.15. The predicted octanol–water partition coefficient (Wildman–Crippen LogP) is 3.40. The lowest BCUT2D eigenvalue weighted by molar-refractivity contribution is -0.172. The minimum atomic E-state index is -1.07. The molecule has 31 heavy (non-hydrogen) atoms. The van der Waals surface area contributed by atoms with Gasteiger partial charge in [-0.2, -0.15) is 0 Å². The highest BCUT2D eigenvalue weighted by Gasteiger charge is 2.23. The highest BCUT2D eigenvalue weighted by Crippen LogP contribution is 2.18. The molecule has 0 bridgehead atoms. The molecule has 0 saturated heterocycles. The number of methoxy groups -OCH3 is 1. The third-order valence-electron chi connectivity index (χ3n) is 4.88. The van der Waals surface area contributed by atoms with E-state index in [1.54, 1.807) is 13.2 Å². The van der Waals surface area contributed by atoms with E-state index < -0.39 is 12.4 Å². The molecule has 0 aliphatic carbocycles. The molecule has 0 amide bonds. The van der Waals surface area contributed by atoms with E-state index in [2.05, 4.69) is 6.92 Å². The van der Waals surface area contributed by atoms with Gasteiger partial charge in [-0.15, -0.1) is 0 Å². The van der Waals surface area contributed by atoms with E-state index in [0.29, 0.717) is 26.2 Å². The van der Waals surface area contributed by atoms with Crippen LogP contribution in [0.15, 0.2) is 48.6 Å². The van der Waals surface area contributed by atoms with Crippen LogP contribution in [0.3, 0.4) is 0 Å². The number of rotatable bonds is 13. The summed E-state index contributed by atoms with van der Waals surface area (Å²) in [5, 5.41) is 9.53. The maximum atomic E-state index is 11.9. The van der Waals surface area contributed by atoms with Gasteiger partial charge in [0.2, 0.25) is 0 Å². The zero-order valence-corrected chi connectivity index (χ0v) is 18.7. The van der Waals surface area contributed by atoms with Crippen LogP contribution in [0, 0.1) is 5.92 Å². The SMILES string of the molecule is CCOC(C)O[C@@H](C/C=C/[C@@H]1OC(O)C=CC1=O)[C@@H](C)COCc1ccc(OC)cc1. The van der Waals surface area contributed by atoms with Gasteiger partial charge in [0, 0.05) is 12.5 Å². The molecular formula is C24H34O7. The van der Waals surface area contributed by atoms with Crippen molar-refractivity contribution in [2.24, 2.45) is 5.92 Å². The first-order chi connectivity index (χ1) is 14.9. The largest absolute Gasteiger partial charge is 0.497 e. The first kappa shape index (κ1) is 25.2. The molecule has 2 rings (SSSR count). The van der Waals surface area contributed by atoms with Crippen molar-refractivity contribution in [3.63, 3.8) is 0 Å². The zero-order chi connectivity index (χ0) is 22.6. The summed E-state index contributed by atoms with van der Waals surface area (Å²) < 4.78 is 27.9. The molecule has 0 spiro atoms. The molecule has 5 atom stereocenters. The highest BCUT2D eigenvalue weighted by atomic mass is 16.7. The van der Waals surface area contributed by atoms with Crippen LogP contribution in [0.1, 0.15) is 32.8 Å². The molecule has 7 heteroatoms.